The van der Waals surface area contributed by atoms with Gasteiger partial charge >= 0.3 is 0 Å². The number of hydrogen-bond donors (Lipinski definition) is 1. The second-order valence-corrected chi connectivity index (χ2v) is 5.42. The molecule has 1 aliphatic rings. The largest absolute Gasteiger partial charge is 0.495 e. The van der Waals surface area contributed by atoms with E-state index < -0.39 is 0 Å². The molecule has 1 fully saturated rings. The van der Waals surface area contributed by atoms with Crippen molar-refractivity contribution >= 4 is 15.9 Å². The fourth-order valence-corrected chi connectivity index (χ4v) is 2.68. The fraction of sp³-hybridized carbons (Fsp3) is 0.545. The maximum absolute atomic E-state index is 6.07. The summed E-state index contributed by atoms with van der Waals surface area (Å²) in [7, 11) is 1.66. The minimum Gasteiger partial charge on any atom is -0.495 e. The first-order chi connectivity index (χ1) is 7.00. The summed E-state index contributed by atoms with van der Waals surface area (Å²) in [6.45, 7) is 4.35. The van der Waals surface area contributed by atoms with Crippen LogP contribution in [0.3, 0.4) is 0 Å². The summed E-state index contributed by atoms with van der Waals surface area (Å²) in [4.78, 5) is 4.09. The van der Waals surface area contributed by atoms with Crippen LogP contribution in [-0.4, -0.2) is 18.1 Å². The van der Waals surface area contributed by atoms with E-state index in [0.717, 1.165) is 15.8 Å². The van der Waals surface area contributed by atoms with Crippen LogP contribution in [0.1, 0.15) is 25.3 Å². The second kappa shape index (κ2) is 3.46. The van der Waals surface area contributed by atoms with Crippen molar-refractivity contribution in [2.75, 3.05) is 7.11 Å². The van der Waals surface area contributed by atoms with E-state index in [9.17, 15) is 0 Å². The van der Waals surface area contributed by atoms with Crippen LogP contribution in [0.4, 0.5) is 0 Å². The van der Waals surface area contributed by atoms with Gasteiger partial charge in [-0.2, -0.15) is 0 Å². The number of aromatic nitrogens is 1. The van der Waals surface area contributed by atoms with Gasteiger partial charge in [-0.25, -0.2) is 0 Å². The van der Waals surface area contributed by atoms with Gasteiger partial charge in [-0.15, -0.1) is 0 Å². The maximum Gasteiger partial charge on any atom is 0.141 e. The highest BCUT2D eigenvalue weighted by Gasteiger charge is 2.57. The van der Waals surface area contributed by atoms with Crippen LogP contribution in [0.15, 0.2) is 16.9 Å². The predicted molar refractivity (Wildman–Crippen MR) is 63.0 cm³/mol. The summed E-state index contributed by atoms with van der Waals surface area (Å²) in [6.07, 6.45) is 3.53. The molecule has 0 spiro atoms. The van der Waals surface area contributed by atoms with Crippen LogP contribution in [0, 0.1) is 5.41 Å². The van der Waals surface area contributed by atoms with Gasteiger partial charge in [0, 0.05) is 28.2 Å². The van der Waals surface area contributed by atoms with Gasteiger partial charge in [0.1, 0.15) is 5.75 Å². The first-order valence-corrected chi connectivity index (χ1v) is 5.72. The summed E-state index contributed by atoms with van der Waals surface area (Å²) in [6, 6.07) is 0.199. The van der Waals surface area contributed by atoms with Gasteiger partial charge in [-0.05, 0) is 21.3 Å². The normalized spacial score (nSPS) is 27.5. The molecule has 1 saturated carbocycles. The Hall–Kier alpha value is -0.610. The average Bonchev–Trinajstić information content (AvgIpc) is 2.66. The molecule has 2 atom stereocenters. The summed E-state index contributed by atoms with van der Waals surface area (Å²) in [5.74, 6) is 1.17. The van der Waals surface area contributed by atoms with Gasteiger partial charge in [0.05, 0.1) is 13.3 Å². The molecular weight excluding hydrogens is 256 g/mol. The molecule has 1 aromatic rings. The molecule has 1 aromatic heterocycles. The van der Waals surface area contributed by atoms with Crippen LogP contribution < -0.4 is 10.5 Å². The molecule has 82 valence electrons. The fourth-order valence-electron chi connectivity index (χ4n) is 2.12. The van der Waals surface area contributed by atoms with Crippen molar-refractivity contribution in [2.45, 2.75) is 25.8 Å². The van der Waals surface area contributed by atoms with Gasteiger partial charge in [0.2, 0.25) is 0 Å². The highest BCUT2D eigenvalue weighted by molar-refractivity contribution is 9.10. The van der Waals surface area contributed by atoms with Crippen molar-refractivity contribution in [2.24, 2.45) is 11.1 Å². The second-order valence-electron chi connectivity index (χ2n) is 4.56. The molecule has 1 aliphatic carbocycles. The topological polar surface area (TPSA) is 48.1 Å². The van der Waals surface area contributed by atoms with E-state index in [2.05, 4.69) is 34.8 Å². The molecule has 0 radical (unpaired) electrons. The molecule has 1 heterocycles. The molecule has 0 aromatic carbocycles. The SMILES string of the molecule is COc1cncc(Br)c1C1C(N)C1(C)C. The van der Waals surface area contributed by atoms with E-state index in [4.69, 9.17) is 10.5 Å². The summed E-state index contributed by atoms with van der Waals surface area (Å²) >= 11 is 3.51. The van der Waals surface area contributed by atoms with Gasteiger partial charge in [0.15, 0.2) is 0 Å². The zero-order chi connectivity index (χ0) is 11.2. The average molecular weight is 271 g/mol. The van der Waals surface area contributed by atoms with Crippen LogP contribution in [0.5, 0.6) is 5.75 Å². The van der Waals surface area contributed by atoms with Crippen LogP contribution in [0.25, 0.3) is 0 Å². The highest BCUT2D eigenvalue weighted by Crippen LogP contribution is 2.60. The number of rotatable bonds is 2. The summed E-state index contributed by atoms with van der Waals surface area (Å²) < 4.78 is 6.30. The quantitative estimate of drug-likeness (QED) is 0.897. The van der Waals surface area contributed by atoms with Gasteiger partial charge in [-0.1, -0.05) is 13.8 Å². The maximum atomic E-state index is 6.07. The molecule has 0 saturated heterocycles. The van der Waals surface area contributed by atoms with Gasteiger partial charge in [-0.3, -0.25) is 4.98 Å². The van der Waals surface area contributed by atoms with Crippen molar-refractivity contribution in [3.8, 4) is 5.75 Å². The number of methoxy groups -OCH3 is 1. The monoisotopic (exact) mass is 270 g/mol. The van der Waals surface area contributed by atoms with E-state index in [1.54, 1.807) is 19.5 Å². The molecular formula is C11H15BrN2O. The Balaban J connectivity index is 2.45. The third-order valence-electron chi connectivity index (χ3n) is 3.34. The highest BCUT2D eigenvalue weighted by atomic mass is 79.9. The Morgan fingerprint density at radius 1 is 1.47 bits per heavy atom. The Bertz CT molecular complexity index is 392. The van der Waals surface area contributed by atoms with Crippen molar-refractivity contribution < 1.29 is 4.74 Å². The van der Waals surface area contributed by atoms with Crippen molar-refractivity contribution in [3.63, 3.8) is 0 Å². The van der Waals surface area contributed by atoms with Crippen molar-refractivity contribution in [3.05, 3.63) is 22.4 Å². The van der Waals surface area contributed by atoms with Crippen molar-refractivity contribution in [1.29, 1.82) is 0 Å². The molecule has 3 nitrogen and oxygen atoms in total. The molecule has 2 unspecified atom stereocenters. The lowest BCUT2D eigenvalue weighted by Crippen LogP contribution is -2.06. The Labute approximate surface area is 98.2 Å². The van der Waals surface area contributed by atoms with Crippen LogP contribution in [0.2, 0.25) is 0 Å². The third kappa shape index (κ3) is 1.56. The van der Waals surface area contributed by atoms with E-state index in [1.807, 2.05) is 0 Å². The first kappa shape index (κ1) is 10.9. The lowest BCUT2D eigenvalue weighted by Gasteiger charge is -2.10. The minimum atomic E-state index is 0.150. The zero-order valence-electron chi connectivity index (χ0n) is 9.12. The Morgan fingerprint density at radius 2 is 2.07 bits per heavy atom. The van der Waals surface area contributed by atoms with Crippen molar-refractivity contribution in [1.82, 2.24) is 4.98 Å². The van der Waals surface area contributed by atoms with E-state index in [1.165, 1.54) is 0 Å². The van der Waals surface area contributed by atoms with E-state index >= 15 is 0 Å². The predicted octanol–water partition coefficient (Wildman–Crippen LogP) is 2.30. The Kier molecular flexibility index (Phi) is 2.51. The molecule has 15 heavy (non-hydrogen) atoms. The molecule has 0 aliphatic heterocycles. The number of nitrogens with two attached hydrogens (primary N) is 1. The number of ether oxygens (including phenoxy) is 1. The molecule has 4 heteroatoms. The number of halogens is 1. The van der Waals surface area contributed by atoms with Gasteiger partial charge in [0.25, 0.3) is 0 Å². The molecule has 2 rings (SSSR count). The van der Waals surface area contributed by atoms with E-state index in [-0.39, 0.29) is 11.5 Å². The lowest BCUT2D eigenvalue weighted by atomic mass is 10.0. The van der Waals surface area contributed by atoms with E-state index in [0.29, 0.717) is 5.92 Å². The van der Waals surface area contributed by atoms with Gasteiger partial charge < -0.3 is 10.5 Å². The van der Waals surface area contributed by atoms with Crippen LogP contribution >= 0.6 is 15.9 Å². The molecule has 2 N–H and O–H groups in total. The number of hydrogen-bond acceptors (Lipinski definition) is 3. The number of nitrogens with zero attached hydrogens (tertiary/aromatic N) is 1. The summed E-state index contributed by atoms with van der Waals surface area (Å²) in [5, 5.41) is 0. The minimum absolute atomic E-state index is 0.150. The zero-order valence-corrected chi connectivity index (χ0v) is 10.7. The number of pyridine rings is 1. The Morgan fingerprint density at radius 3 is 2.53 bits per heavy atom. The lowest BCUT2D eigenvalue weighted by molar-refractivity contribution is 0.405. The smallest absolute Gasteiger partial charge is 0.141 e. The third-order valence-corrected chi connectivity index (χ3v) is 3.98. The molecule has 0 bridgehead atoms. The van der Waals surface area contributed by atoms with Crippen LogP contribution in [-0.2, 0) is 0 Å². The summed E-state index contributed by atoms with van der Waals surface area (Å²) in [5.41, 5.74) is 7.37. The standard InChI is InChI=1S/C11H15BrN2O/c1-11(2)9(10(11)13)8-6(12)4-14-5-7(8)15-3/h4-5,9-10H,13H2,1-3H3. The molecule has 0 amide bonds. The first-order valence-electron chi connectivity index (χ1n) is 4.93.